The number of hydrogen-bond donors (Lipinski definition) is 3. The molecule has 1 aromatic heterocycles. The van der Waals surface area contributed by atoms with Crippen molar-refractivity contribution in [3.63, 3.8) is 0 Å². The molecule has 0 amide bonds. The summed E-state index contributed by atoms with van der Waals surface area (Å²) < 4.78 is 40.4. The van der Waals surface area contributed by atoms with Crippen LogP contribution in [0.25, 0.3) is 11.4 Å². The normalized spacial score (nSPS) is 10.8. The summed E-state index contributed by atoms with van der Waals surface area (Å²) >= 11 is 0. The average Bonchev–Trinajstić information content (AvgIpc) is 2.62. The number of anilines is 2. The van der Waals surface area contributed by atoms with Crippen molar-refractivity contribution in [1.82, 2.24) is 15.0 Å². The van der Waals surface area contributed by atoms with Gasteiger partial charge in [-0.3, -0.25) is 0 Å². The number of aliphatic hydroxyl groups is 1. The second kappa shape index (κ2) is 7.36. The third-order valence-corrected chi connectivity index (χ3v) is 3.59. The van der Waals surface area contributed by atoms with Gasteiger partial charge in [-0.15, -0.1) is 0 Å². The van der Waals surface area contributed by atoms with Crippen molar-refractivity contribution in [2.24, 2.45) is 0 Å². The molecule has 4 N–H and O–H groups in total. The maximum Gasteiger partial charge on any atom is 0.228 e. The Balaban J connectivity index is 1.92. The highest BCUT2D eigenvalue weighted by molar-refractivity contribution is 5.62. The summed E-state index contributed by atoms with van der Waals surface area (Å²) in [5.74, 6) is -2.75. The molecule has 3 rings (SSSR count). The van der Waals surface area contributed by atoms with E-state index >= 15 is 0 Å². The SMILES string of the molecule is Nc1nc(NCc2cccc(F)c2)nc(-c2ccc(F)c(F)c2CO)n1. The Kier molecular flexibility index (Phi) is 4.99. The molecule has 0 aliphatic rings. The van der Waals surface area contributed by atoms with Crippen molar-refractivity contribution in [2.45, 2.75) is 13.2 Å². The lowest BCUT2D eigenvalue weighted by atomic mass is 10.1. The number of aromatic nitrogens is 3. The minimum atomic E-state index is -1.18. The molecule has 26 heavy (non-hydrogen) atoms. The highest BCUT2D eigenvalue weighted by Crippen LogP contribution is 2.26. The lowest BCUT2D eigenvalue weighted by Gasteiger charge is -2.11. The van der Waals surface area contributed by atoms with Crippen molar-refractivity contribution in [2.75, 3.05) is 11.1 Å². The average molecular weight is 361 g/mol. The Morgan fingerprint density at radius 1 is 1.04 bits per heavy atom. The Bertz CT molecular complexity index is 952. The first-order valence-electron chi connectivity index (χ1n) is 7.56. The topological polar surface area (TPSA) is 97.0 Å². The monoisotopic (exact) mass is 361 g/mol. The summed E-state index contributed by atoms with van der Waals surface area (Å²) in [5.41, 5.74) is 6.11. The molecule has 2 aromatic carbocycles. The van der Waals surface area contributed by atoms with Gasteiger partial charge in [-0.05, 0) is 29.8 Å². The summed E-state index contributed by atoms with van der Waals surface area (Å²) in [6.45, 7) is -0.526. The van der Waals surface area contributed by atoms with Crippen LogP contribution in [0.3, 0.4) is 0 Å². The fourth-order valence-electron chi connectivity index (χ4n) is 2.38. The minimum absolute atomic E-state index is 0.0257. The van der Waals surface area contributed by atoms with E-state index in [2.05, 4.69) is 20.3 Å². The second-order valence-electron chi connectivity index (χ2n) is 5.37. The maximum absolute atomic E-state index is 13.9. The van der Waals surface area contributed by atoms with Crippen LogP contribution >= 0.6 is 0 Å². The fourth-order valence-corrected chi connectivity index (χ4v) is 2.38. The predicted molar refractivity (Wildman–Crippen MR) is 89.2 cm³/mol. The zero-order chi connectivity index (χ0) is 18.7. The van der Waals surface area contributed by atoms with Crippen LogP contribution < -0.4 is 11.1 Å². The van der Waals surface area contributed by atoms with E-state index < -0.39 is 18.2 Å². The molecule has 0 saturated carbocycles. The number of halogens is 3. The van der Waals surface area contributed by atoms with Gasteiger partial charge in [-0.25, -0.2) is 13.2 Å². The number of benzene rings is 2. The molecule has 3 aromatic rings. The lowest BCUT2D eigenvalue weighted by molar-refractivity contribution is 0.274. The molecule has 0 aliphatic carbocycles. The van der Waals surface area contributed by atoms with Gasteiger partial charge in [0.1, 0.15) is 5.82 Å². The minimum Gasteiger partial charge on any atom is -0.392 e. The molecule has 6 nitrogen and oxygen atoms in total. The van der Waals surface area contributed by atoms with Gasteiger partial charge < -0.3 is 16.2 Å². The molecule has 0 aliphatic heterocycles. The van der Waals surface area contributed by atoms with Crippen molar-refractivity contribution in [3.05, 3.63) is 65.0 Å². The van der Waals surface area contributed by atoms with E-state index in [1.165, 1.54) is 18.2 Å². The largest absolute Gasteiger partial charge is 0.392 e. The third-order valence-electron chi connectivity index (χ3n) is 3.59. The van der Waals surface area contributed by atoms with Gasteiger partial charge >= 0.3 is 0 Å². The van der Waals surface area contributed by atoms with Gasteiger partial charge in [0, 0.05) is 17.7 Å². The van der Waals surface area contributed by atoms with Gasteiger partial charge in [0.2, 0.25) is 11.9 Å². The molecule has 9 heteroatoms. The van der Waals surface area contributed by atoms with E-state index in [0.717, 1.165) is 6.07 Å². The Morgan fingerprint density at radius 2 is 1.85 bits per heavy atom. The molecule has 134 valence electrons. The molecule has 0 saturated heterocycles. The molecule has 0 radical (unpaired) electrons. The number of hydrogen-bond acceptors (Lipinski definition) is 6. The van der Waals surface area contributed by atoms with Gasteiger partial charge in [0.25, 0.3) is 0 Å². The van der Waals surface area contributed by atoms with Crippen molar-refractivity contribution in [1.29, 1.82) is 0 Å². The lowest BCUT2D eigenvalue weighted by Crippen LogP contribution is -2.09. The van der Waals surface area contributed by atoms with E-state index in [9.17, 15) is 18.3 Å². The van der Waals surface area contributed by atoms with Crippen LogP contribution in [0, 0.1) is 17.5 Å². The van der Waals surface area contributed by atoms with Gasteiger partial charge in [-0.1, -0.05) is 12.1 Å². The summed E-state index contributed by atoms with van der Waals surface area (Å²) in [6, 6.07) is 8.09. The fraction of sp³-hybridized carbons (Fsp3) is 0.118. The predicted octanol–water partition coefficient (Wildman–Crippen LogP) is 2.64. The zero-order valence-corrected chi connectivity index (χ0v) is 13.4. The number of nitrogens with zero attached hydrogens (tertiary/aromatic N) is 3. The van der Waals surface area contributed by atoms with Crippen molar-refractivity contribution >= 4 is 11.9 Å². The molecule has 0 atom stereocenters. The van der Waals surface area contributed by atoms with E-state index in [1.807, 2.05) is 0 Å². The smallest absolute Gasteiger partial charge is 0.228 e. The summed E-state index contributed by atoms with van der Waals surface area (Å²) in [4.78, 5) is 11.9. The maximum atomic E-state index is 13.9. The number of nitrogen functional groups attached to an aromatic ring is 1. The molecule has 0 unspecified atom stereocenters. The van der Waals surface area contributed by atoms with E-state index in [4.69, 9.17) is 5.73 Å². The van der Waals surface area contributed by atoms with E-state index in [-0.39, 0.29) is 41.2 Å². The van der Waals surface area contributed by atoms with Crippen LogP contribution in [-0.4, -0.2) is 20.1 Å². The molecule has 0 bridgehead atoms. The van der Waals surface area contributed by atoms with Gasteiger partial charge in [-0.2, -0.15) is 15.0 Å². The number of nitrogens with two attached hydrogens (primary N) is 1. The Hall–Kier alpha value is -3.20. The highest BCUT2D eigenvalue weighted by Gasteiger charge is 2.17. The first-order valence-corrected chi connectivity index (χ1v) is 7.56. The van der Waals surface area contributed by atoms with Crippen LogP contribution in [0.2, 0.25) is 0 Å². The quantitative estimate of drug-likeness (QED) is 0.646. The molecule has 0 fully saturated rings. The van der Waals surface area contributed by atoms with Crippen LogP contribution in [0.4, 0.5) is 25.1 Å². The summed E-state index contributed by atoms with van der Waals surface area (Å²) in [5, 5.41) is 12.2. The van der Waals surface area contributed by atoms with Crippen molar-refractivity contribution < 1.29 is 18.3 Å². The molecular formula is C17H14F3N5O. The third kappa shape index (κ3) is 3.72. The van der Waals surface area contributed by atoms with Crippen LogP contribution in [0.1, 0.15) is 11.1 Å². The van der Waals surface area contributed by atoms with Gasteiger partial charge in [0.05, 0.1) is 6.61 Å². The molecular weight excluding hydrogens is 347 g/mol. The van der Waals surface area contributed by atoms with E-state index in [0.29, 0.717) is 5.56 Å². The zero-order valence-electron chi connectivity index (χ0n) is 13.4. The number of rotatable bonds is 5. The van der Waals surface area contributed by atoms with E-state index in [1.54, 1.807) is 12.1 Å². The Morgan fingerprint density at radius 3 is 2.58 bits per heavy atom. The van der Waals surface area contributed by atoms with Gasteiger partial charge in [0.15, 0.2) is 17.5 Å². The van der Waals surface area contributed by atoms with Crippen LogP contribution in [0.5, 0.6) is 0 Å². The number of nitrogens with one attached hydrogen (secondary N) is 1. The van der Waals surface area contributed by atoms with Crippen molar-refractivity contribution in [3.8, 4) is 11.4 Å². The summed E-state index contributed by atoms with van der Waals surface area (Å²) in [7, 11) is 0. The highest BCUT2D eigenvalue weighted by atomic mass is 19.2. The van der Waals surface area contributed by atoms with Crippen LogP contribution in [0.15, 0.2) is 36.4 Å². The Labute approximate surface area is 146 Å². The second-order valence-corrected chi connectivity index (χ2v) is 5.37. The standard InChI is InChI=1S/C17H14F3N5O/c18-10-3-1-2-9(6-10)7-22-17-24-15(23-16(21)25-17)11-4-5-13(19)14(20)12(11)8-26/h1-6,26H,7-8H2,(H3,21,22,23,24,25). The first kappa shape index (κ1) is 17.6. The molecule has 1 heterocycles. The summed E-state index contributed by atoms with van der Waals surface area (Å²) in [6.07, 6.45) is 0. The number of aliphatic hydroxyl groups excluding tert-OH is 1. The first-order chi connectivity index (χ1) is 12.5. The molecule has 0 spiro atoms. The van der Waals surface area contributed by atoms with Crippen LogP contribution in [-0.2, 0) is 13.2 Å².